The van der Waals surface area contributed by atoms with Crippen LogP contribution in [0.3, 0.4) is 0 Å². The summed E-state index contributed by atoms with van der Waals surface area (Å²) in [6.45, 7) is 5.95. The number of carboxylic acids is 1. The Labute approximate surface area is 109 Å². The Hall–Kier alpha value is -1.26. The van der Waals surface area contributed by atoms with Crippen molar-refractivity contribution in [2.45, 2.75) is 71.0 Å². The smallest absolute Gasteiger partial charge is 0.326 e. The number of piperidine rings is 1. The lowest BCUT2D eigenvalue weighted by Crippen LogP contribution is -2.55. The molecule has 2 N–H and O–H groups in total. The van der Waals surface area contributed by atoms with Crippen molar-refractivity contribution in [2.24, 2.45) is 0 Å². The van der Waals surface area contributed by atoms with Gasteiger partial charge in [0.2, 0.25) is 0 Å². The van der Waals surface area contributed by atoms with Gasteiger partial charge in [0, 0.05) is 12.1 Å². The molecular weight excluding hydrogens is 232 g/mol. The highest BCUT2D eigenvalue weighted by Gasteiger charge is 2.31. The lowest BCUT2D eigenvalue weighted by molar-refractivity contribution is -0.139. The van der Waals surface area contributed by atoms with E-state index in [0.717, 1.165) is 25.7 Å². The number of urea groups is 1. The molecule has 0 radical (unpaired) electrons. The first-order chi connectivity index (χ1) is 8.47. The van der Waals surface area contributed by atoms with Gasteiger partial charge in [-0.15, -0.1) is 0 Å². The summed E-state index contributed by atoms with van der Waals surface area (Å²) in [6, 6.07) is -0.644. The first-order valence-corrected chi connectivity index (χ1v) is 6.79. The minimum absolute atomic E-state index is 0.185. The van der Waals surface area contributed by atoms with Crippen LogP contribution in [0.15, 0.2) is 0 Å². The van der Waals surface area contributed by atoms with E-state index in [1.807, 2.05) is 20.8 Å². The summed E-state index contributed by atoms with van der Waals surface area (Å²) in [6.07, 6.45) is 4.32. The summed E-state index contributed by atoms with van der Waals surface area (Å²) < 4.78 is 0. The number of aliphatic carboxylic acids is 1. The fourth-order valence-corrected chi connectivity index (χ4v) is 2.59. The molecule has 0 aliphatic carbocycles. The highest BCUT2D eigenvalue weighted by Crippen LogP contribution is 2.22. The zero-order chi connectivity index (χ0) is 13.7. The number of likely N-dealkylation sites (tertiary alicyclic amines) is 1. The van der Waals surface area contributed by atoms with E-state index in [1.54, 1.807) is 4.90 Å². The van der Waals surface area contributed by atoms with Gasteiger partial charge >= 0.3 is 12.0 Å². The van der Waals surface area contributed by atoms with Gasteiger partial charge in [-0.05, 0) is 39.5 Å². The molecule has 0 aromatic rings. The lowest BCUT2D eigenvalue weighted by atomic mass is 9.98. The molecule has 1 fully saturated rings. The Morgan fingerprint density at radius 2 is 1.89 bits per heavy atom. The molecule has 104 valence electrons. The molecular formula is C13H24N2O3. The Balaban J connectivity index is 2.64. The largest absolute Gasteiger partial charge is 0.480 e. The fraction of sp³-hybridized carbons (Fsp3) is 0.846. The number of hydrogen-bond donors (Lipinski definition) is 2. The highest BCUT2D eigenvalue weighted by molar-refractivity contribution is 5.82. The molecule has 2 amide bonds. The summed E-state index contributed by atoms with van der Waals surface area (Å²) in [5.74, 6) is -0.956. The molecule has 0 spiro atoms. The molecule has 1 aliphatic rings. The van der Waals surface area contributed by atoms with Crippen molar-refractivity contribution >= 4 is 12.0 Å². The van der Waals surface area contributed by atoms with Crippen molar-refractivity contribution in [3.63, 3.8) is 0 Å². The Bertz CT molecular complexity index is 297. The minimum atomic E-state index is -0.956. The predicted molar refractivity (Wildman–Crippen MR) is 69.5 cm³/mol. The number of carbonyl (C=O) groups excluding carboxylic acids is 1. The van der Waals surface area contributed by atoms with Gasteiger partial charge in [-0.3, -0.25) is 0 Å². The van der Waals surface area contributed by atoms with E-state index >= 15 is 0 Å². The van der Waals surface area contributed by atoms with Crippen molar-refractivity contribution < 1.29 is 14.7 Å². The number of carbonyl (C=O) groups is 2. The van der Waals surface area contributed by atoms with Crippen molar-refractivity contribution in [3.05, 3.63) is 0 Å². The molecule has 0 bridgehead atoms. The van der Waals surface area contributed by atoms with E-state index in [4.69, 9.17) is 5.11 Å². The van der Waals surface area contributed by atoms with Gasteiger partial charge in [0.1, 0.15) is 6.04 Å². The van der Waals surface area contributed by atoms with Gasteiger partial charge in [-0.25, -0.2) is 9.59 Å². The molecule has 1 saturated heterocycles. The maximum atomic E-state index is 12.2. The number of amides is 2. The molecule has 18 heavy (non-hydrogen) atoms. The molecule has 1 rings (SSSR count). The average molecular weight is 256 g/mol. The van der Waals surface area contributed by atoms with Gasteiger partial charge in [0.25, 0.3) is 0 Å². The van der Waals surface area contributed by atoms with Crippen LogP contribution in [0.25, 0.3) is 0 Å². The monoisotopic (exact) mass is 256 g/mol. The average Bonchev–Trinajstić information content (AvgIpc) is 2.28. The van der Waals surface area contributed by atoms with Crippen molar-refractivity contribution in [3.8, 4) is 0 Å². The SMILES string of the molecule is CCC[C@@H](NC(=O)N1[C@H](C)CCC[C@@H]1C)C(=O)O. The maximum absolute atomic E-state index is 12.2. The zero-order valence-electron chi connectivity index (χ0n) is 11.5. The van der Waals surface area contributed by atoms with Crippen molar-refractivity contribution in [1.82, 2.24) is 10.2 Å². The van der Waals surface area contributed by atoms with Crippen LogP contribution in [-0.4, -0.2) is 40.1 Å². The van der Waals surface area contributed by atoms with Crippen LogP contribution in [0.5, 0.6) is 0 Å². The van der Waals surface area contributed by atoms with Crippen molar-refractivity contribution in [1.29, 1.82) is 0 Å². The summed E-state index contributed by atoms with van der Waals surface area (Å²) in [7, 11) is 0. The van der Waals surface area contributed by atoms with Gasteiger partial charge in [0.05, 0.1) is 0 Å². The predicted octanol–water partition coefficient (Wildman–Crippen LogP) is 2.21. The van der Waals surface area contributed by atoms with E-state index in [1.165, 1.54) is 0 Å². The van der Waals surface area contributed by atoms with Crippen LogP contribution < -0.4 is 5.32 Å². The number of nitrogens with zero attached hydrogens (tertiary/aromatic N) is 1. The lowest BCUT2D eigenvalue weighted by Gasteiger charge is -2.39. The van der Waals surface area contributed by atoms with Crippen LogP contribution in [-0.2, 0) is 4.79 Å². The quantitative estimate of drug-likeness (QED) is 0.810. The van der Waals surface area contributed by atoms with Crippen LogP contribution in [0.2, 0.25) is 0 Å². The Morgan fingerprint density at radius 3 is 2.33 bits per heavy atom. The second-order valence-corrected chi connectivity index (χ2v) is 5.17. The van der Waals surface area contributed by atoms with E-state index in [0.29, 0.717) is 6.42 Å². The number of rotatable bonds is 4. The fourth-order valence-electron chi connectivity index (χ4n) is 2.59. The van der Waals surface area contributed by atoms with E-state index in [2.05, 4.69) is 5.32 Å². The summed E-state index contributed by atoms with van der Waals surface area (Å²) in [5, 5.41) is 11.7. The minimum Gasteiger partial charge on any atom is -0.480 e. The third-order valence-electron chi connectivity index (χ3n) is 3.60. The van der Waals surface area contributed by atoms with E-state index in [9.17, 15) is 9.59 Å². The molecule has 5 nitrogen and oxygen atoms in total. The number of carboxylic acid groups (broad SMARTS) is 1. The topological polar surface area (TPSA) is 69.6 Å². The zero-order valence-corrected chi connectivity index (χ0v) is 11.5. The van der Waals surface area contributed by atoms with Gasteiger partial charge in [0.15, 0.2) is 0 Å². The Kier molecular flexibility index (Phi) is 5.44. The van der Waals surface area contributed by atoms with Crippen LogP contribution in [0, 0.1) is 0 Å². The third kappa shape index (κ3) is 3.62. The van der Waals surface area contributed by atoms with Crippen LogP contribution in [0.4, 0.5) is 4.79 Å². The second kappa shape index (κ2) is 6.61. The Morgan fingerprint density at radius 1 is 1.33 bits per heavy atom. The second-order valence-electron chi connectivity index (χ2n) is 5.17. The molecule has 1 aliphatic heterocycles. The third-order valence-corrected chi connectivity index (χ3v) is 3.60. The summed E-state index contributed by atoms with van der Waals surface area (Å²) in [5.41, 5.74) is 0. The maximum Gasteiger partial charge on any atom is 0.326 e. The molecule has 0 unspecified atom stereocenters. The molecule has 0 aromatic carbocycles. The standard InChI is InChI=1S/C13H24N2O3/c1-4-6-11(12(16)17)14-13(18)15-9(2)7-5-8-10(15)3/h9-11H,4-8H2,1-3H3,(H,14,18)(H,16,17)/t9-,10+,11-/m1/s1. The van der Waals surface area contributed by atoms with Gasteiger partial charge < -0.3 is 15.3 Å². The number of nitrogens with one attached hydrogen (secondary N) is 1. The van der Waals surface area contributed by atoms with E-state index in [-0.39, 0.29) is 18.1 Å². The molecule has 1 heterocycles. The number of hydrogen-bond acceptors (Lipinski definition) is 2. The first kappa shape index (κ1) is 14.8. The van der Waals surface area contributed by atoms with E-state index < -0.39 is 12.0 Å². The normalized spacial score (nSPS) is 25.6. The molecule has 0 aromatic heterocycles. The van der Waals surface area contributed by atoms with Gasteiger partial charge in [-0.1, -0.05) is 13.3 Å². The first-order valence-electron chi connectivity index (χ1n) is 6.79. The van der Waals surface area contributed by atoms with Crippen molar-refractivity contribution in [2.75, 3.05) is 0 Å². The molecule has 0 saturated carbocycles. The molecule has 3 atom stereocenters. The summed E-state index contributed by atoms with van der Waals surface area (Å²) in [4.78, 5) is 25.0. The highest BCUT2D eigenvalue weighted by atomic mass is 16.4. The summed E-state index contributed by atoms with van der Waals surface area (Å²) >= 11 is 0. The molecule has 5 heteroatoms. The van der Waals surface area contributed by atoms with Gasteiger partial charge in [-0.2, -0.15) is 0 Å². The van der Waals surface area contributed by atoms with Crippen LogP contribution >= 0.6 is 0 Å². The van der Waals surface area contributed by atoms with Crippen LogP contribution in [0.1, 0.15) is 52.9 Å².